The summed E-state index contributed by atoms with van der Waals surface area (Å²) in [4.78, 5) is 24.9. The van der Waals surface area contributed by atoms with Gasteiger partial charge in [-0.2, -0.15) is 0 Å². The number of hydrogen-bond donors (Lipinski definition) is 2. The summed E-state index contributed by atoms with van der Waals surface area (Å²) in [6, 6.07) is 3.06. The van der Waals surface area contributed by atoms with Gasteiger partial charge >= 0.3 is 5.97 Å². The van der Waals surface area contributed by atoms with Gasteiger partial charge in [0.15, 0.2) is 11.5 Å². The molecule has 142 valence electrons. The number of carbonyl (C=O) groups excluding carboxylic acids is 2. The van der Waals surface area contributed by atoms with Crippen molar-refractivity contribution >= 4 is 11.8 Å². The number of allylic oxidation sites excluding steroid dienone is 2. The first-order valence-corrected chi connectivity index (χ1v) is 8.83. The van der Waals surface area contributed by atoms with E-state index in [-0.39, 0.29) is 41.2 Å². The van der Waals surface area contributed by atoms with Gasteiger partial charge in [-0.15, -0.1) is 0 Å². The number of hydrogen-bond acceptors (Lipinski definition) is 7. The molecule has 7 heteroatoms. The Bertz CT molecular complexity index is 913. The van der Waals surface area contributed by atoms with E-state index >= 15 is 0 Å². The first-order valence-electron chi connectivity index (χ1n) is 8.83. The van der Waals surface area contributed by atoms with Crippen molar-refractivity contribution in [1.82, 2.24) is 0 Å². The number of aliphatic hydroxyl groups is 2. The van der Waals surface area contributed by atoms with Crippen molar-refractivity contribution in [2.45, 2.75) is 37.6 Å². The van der Waals surface area contributed by atoms with Crippen LogP contribution in [0, 0.1) is 0 Å². The second kappa shape index (κ2) is 5.94. The van der Waals surface area contributed by atoms with E-state index in [1.807, 2.05) is 0 Å². The average Bonchev–Trinajstić information content (AvgIpc) is 2.99. The summed E-state index contributed by atoms with van der Waals surface area (Å²) in [6.45, 7) is 1.95. The van der Waals surface area contributed by atoms with Crippen LogP contribution in [0.4, 0.5) is 0 Å². The van der Waals surface area contributed by atoms with Crippen molar-refractivity contribution in [3.63, 3.8) is 0 Å². The van der Waals surface area contributed by atoms with Gasteiger partial charge in [-0.05, 0) is 37.5 Å². The Morgan fingerprint density at radius 1 is 1.26 bits per heavy atom. The SMILES string of the molecule is CCOC(=O)Cc1cc(OC)c2c(c1)C1(O)C(=O)C3=CCCC=C3C1(O)O2. The predicted octanol–water partition coefficient (Wildman–Crippen LogP) is 1.30. The first-order chi connectivity index (χ1) is 12.9. The van der Waals surface area contributed by atoms with Crippen molar-refractivity contribution < 1.29 is 34.0 Å². The summed E-state index contributed by atoms with van der Waals surface area (Å²) in [5.41, 5.74) is -1.18. The van der Waals surface area contributed by atoms with Crippen LogP contribution in [0.5, 0.6) is 11.5 Å². The summed E-state index contributed by atoms with van der Waals surface area (Å²) >= 11 is 0. The van der Waals surface area contributed by atoms with Crippen LogP contribution in [0.1, 0.15) is 30.9 Å². The highest BCUT2D eigenvalue weighted by atomic mass is 16.7. The molecule has 3 aliphatic rings. The van der Waals surface area contributed by atoms with E-state index in [9.17, 15) is 19.8 Å². The predicted molar refractivity (Wildman–Crippen MR) is 93.2 cm³/mol. The molecule has 0 aromatic heterocycles. The number of rotatable bonds is 4. The highest BCUT2D eigenvalue weighted by Gasteiger charge is 2.72. The van der Waals surface area contributed by atoms with Crippen LogP contribution in [0.25, 0.3) is 0 Å². The maximum atomic E-state index is 13.0. The van der Waals surface area contributed by atoms with Crippen molar-refractivity contribution in [3.8, 4) is 11.5 Å². The number of fused-ring (bicyclic) bond motifs is 5. The molecule has 0 radical (unpaired) electrons. The fourth-order valence-electron chi connectivity index (χ4n) is 4.00. The highest BCUT2D eigenvalue weighted by Crippen LogP contribution is 2.60. The Labute approximate surface area is 155 Å². The fraction of sp³-hybridized carbons (Fsp3) is 0.400. The Morgan fingerprint density at radius 3 is 2.70 bits per heavy atom. The van der Waals surface area contributed by atoms with Gasteiger partial charge in [0.2, 0.25) is 11.4 Å². The second-order valence-electron chi connectivity index (χ2n) is 6.76. The van der Waals surface area contributed by atoms with Crippen LogP contribution in [0.2, 0.25) is 0 Å². The molecule has 0 spiro atoms. The number of carbonyl (C=O) groups is 2. The van der Waals surface area contributed by atoms with Gasteiger partial charge in [0, 0.05) is 16.7 Å². The number of esters is 1. The molecule has 2 aliphatic carbocycles. The van der Waals surface area contributed by atoms with Crippen LogP contribution in [0.15, 0.2) is 35.4 Å². The van der Waals surface area contributed by atoms with Gasteiger partial charge in [0.05, 0.1) is 20.1 Å². The maximum Gasteiger partial charge on any atom is 0.310 e. The smallest absolute Gasteiger partial charge is 0.310 e. The Hall–Kier alpha value is -2.64. The van der Waals surface area contributed by atoms with E-state index in [0.29, 0.717) is 18.4 Å². The Kier molecular flexibility index (Phi) is 3.90. The third-order valence-corrected chi connectivity index (χ3v) is 5.21. The lowest BCUT2D eigenvalue weighted by molar-refractivity contribution is -0.202. The normalized spacial score (nSPS) is 27.8. The molecule has 1 aliphatic heterocycles. The highest BCUT2D eigenvalue weighted by molar-refractivity contribution is 6.12. The molecule has 7 nitrogen and oxygen atoms in total. The molecule has 4 rings (SSSR count). The van der Waals surface area contributed by atoms with Crippen molar-refractivity contribution in [2.24, 2.45) is 0 Å². The van der Waals surface area contributed by atoms with E-state index in [0.717, 1.165) is 0 Å². The van der Waals surface area contributed by atoms with E-state index in [1.165, 1.54) is 13.2 Å². The summed E-state index contributed by atoms with van der Waals surface area (Å²) in [5, 5.41) is 22.6. The molecule has 1 heterocycles. The zero-order chi connectivity index (χ0) is 19.4. The number of ketones is 1. The molecule has 0 saturated heterocycles. The molecule has 0 amide bonds. The van der Waals surface area contributed by atoms with Gasteiger partial charge in [0.1, 0.15) is 0 Å². The molecule has 2 unspecified atom stereocenters. The molecule has 1 aromatic carbocycles. The zero-order valence-corrected chi connectivity index (χ0v) is 15.1. The monoisotopic (exact) mass is 372 g/mol. The zero-order valence-electron chi connectivity index (χ0n) is 15.1. The molecular formula is C20H20O7. The molecule has 27 heavy (non-hydrogen) atoms. The van der Waals surface area contributed by atoms with Crippen LogP contribution in [-0.2, 0) is 26.3 Å². The molecule has 0 bridgehead atoms. The second-order valence-corrected chi connectivity index (χ2v) is 6.76. The number of Topliss-reactive ketones (excluding diaryl/α,β-unsaturated/α-hetero) is 1. The van der Waals surface area contributed by atoms with Crippen molar-refractivity contribution in [2.75, 3.05) is 13.7 Å². The lowest BCUT2D eigenvalue weighted by Gasteiger charge is -2.28. The van der Waals surface area contributed by atoms with Gasteiger partial charge < -0.3 is 24.4 Å². The molecule has 1 saturated carbocycles. The van der Waals surface area contributed by atoms with Crippen LogP contribution >= 0.6 is 0 Å². The minimum absolute atomic E-state index is 0.0639. The number of benzene rings is 1. The van der Waals surface area contributed by atoms with Crippen molar-refractivity contribution in [1.29, 1.82) is 0 Å². The third kappa shape index (κ3) is 2.22. The van der Waals surface area contributed by atoms with Gasteiger partial charge in [0.25, 0.3) is 5.79 Å². The largest absolute Gasteiger partial charge is 0.493 e. The maximum absolute atomic E-state index is 13.0. The van der Waals surface area contributed by atoms with Crippen LogP contribution < -0.4 is 9.47 Å². The molecular weight excluding hydrogens is 352 g/mol. The first kappa shape index (κ1) is 17.8. The van der Waals surface area contributed by atoms with Crippen molar-refractivity contribution in [3.05, 3.63) is 46.6 Å². The Morgan fingerprint density at radius 2 is 2.00 bits per heavy atom. The number of ether oxygens (including phenoxy) is 3. The number of methoxy groups -OCH3 is 1. The van der Waals surface area contributed by atoms with Gasteiger partial charge in [-0.1, -0.05) is 12.2 Å². The molecule has 2 atom stereocenters. The van der Waals surface area contributed by atoms with Gasteiger partial charge in [-0.25, -0.2) is 0 Å². The fourth-order valence-corrected chi connectivity index (χ4v) is 4.00. The molecule has 2 N–H and O–H groups in total. The Balaban J connectivity index is 1.87. The minimum Gasteiger partial charge on any atom is -0.493 e. The minimum atomic E-state index is -2.29. The molecule has 1 fully saturated rings. The standard InChI is InChI=1S/C20H20O7/c1-3-26-16(21)10-11-8-14-17(15(9-11)25-2)27-20(24)13-7-5-4-6-12(13)18(22)19(14,20)23/h6-9,23-24H,3-5,10H2,1-2H3. The summed E-state index contributed by atoms with van der Waals surface area (Å²) in [6.07, 6.45) is 4.63. The molecule has 1 aromatic rings. The summed E-state index contributed by atoms with van der Waals surface area (Å²) < 4.78 is 16.0. The van der Waals surface area contributed by atoms with E-state index < -0.39 is 23.1 Å². The van der Waals surface area contributed by atoms with E-state index in [4.69, 9.17) is 14.2 Å². The van der Waals surface area contributed by atoms with Crippen LogP contribution in [0.3, 0.4) is 0 Å². The van der Waals surface area contributed by atoms with Crippen LogP contribution in [-0.4, -0.2) is 41.5 Å². The van der Waals surface area contributed by atoms with E-state index in [1.54, 1.807) is 25.1 Å². The lowest BCUT2D eigenvalue weighted by atomic mass is 9.86. The summed E-state index contributed by atoms with van der Waals surface area (Å²) in [7, 11) is 1.41. The average molecular weight is 372 g/mol. The van der Waals surface area contributed by atoms with Gasteiger partial charge in [-0.3, -0.25) is 9.59 Å². The topological polar surface area (TPSA) is 102 Å². The lowest BCUT2D eigenvalue weighted by Crippen LogP contribution is -2.51. The third-order valence-electron chi connectivity index (χ3n) is 5.21. The van der Waals surface area contributed by atoms with E-state index in [2.05, 4.69) is 0 Å². The summed E-state index contributed by atoms with van der Waals surface area (Å²) in [5.74, 6) is -2.97. The quantitative estimate of drug-likeness (QED) is 0.768.